The van der Waals surface area contributed by atoms with Crippen LogP contribution in [0.25, 0.3) is 0 Å². The van der Waals surface area contributed by atoms with E-state index in [-0.39, 0.29) is 11.4 Å². The zero-order valence-electron chi connectivity index (χ0n) is 9.52. The van der Waals surface area contributed by atoms with Crippen molar-refractivity contribution in [1.29, 1.82) is 0 Å². The molecule has 0 fully saturated rings. The Morgan fingerprint density at radius 2 is 1.60 bits per heavy atom. The third-order valence-corrected chi connectivity index (χ3v) is 3.93. The fraction of sp³-hybridized carbons (Fsp3) is 1.00. The van der Waals surface area contributed by atoms with Gasteiger partial charge in [-0.15, -0.1) is 0 Å². The van der Waals surface area contributed by atoms with Crippen LogP contribution in [0.1, 0.15) is 51.9 Å². The van der Waals surface area contributed by atoms with Crippen molar-refractivity contribution >= 4 is 20.6 Å². The van der Waals surface area contributed by atoms with Crippen LogP contribution in [0.5, 0.6) is 0 Å². The summed E-state index contributed by atoms with van der Waals surface area (Å²) in [6.45, 7) is 2.19. The van der Waals surface area contributed by atoms with Crippen LogP contribution in [0.15, 0.2) is 0 Å². The first-order chi connectivity index (χ1) is 6.95. The SMILES string of the molecule is CCCCCCCC(S)CC[PH](O)(O)O. The van der Waals surface area contributed by atoms with Gasteiger partial charge in [0.05, 0.1) is 0 Å². The zero-order valence-corrected chi connectivity index (χ0v) is 11.4. The maximum absolute atomic E-state index is 8.82. The number of hydrogen-bond acceptors (Lipinski definition) is 4. The Kier molecular flexibility index (Phi) is 9.16. The quantitative estimate of drug-likeness (QED) is 0.291. The molecule has 0 amide bonds. The summed E-state index contributed by atoms with van der Waals surface area (Å²) in [5, 5.41) is 0.185. The van der Waals surface area contributed by atoms with Gasteiger partial charge in [-0.1, -0.05) is 0 Å². The van der Waals surface area contributed by atoms with Crippen LogP contribution >= 0.6 is 20.6 Å². The molecule has 0 aromatic carbocycles. The van der Waals surface area contributed by atoms with Crippen molar-refractivity contribution in [3.05, 3.63) is 0 Å². The van der Waals surface area contributed by atoms with E-state index in [1.165, 1.54) is 25.7 Å². The molecule has 0 radical (unpaired) electrons. The van der Waals surface area contributed by atoms with Gasteiger partial charge in [0.1, 0.15) is 0 Å². The molecule has 0 aliphatic rings. The molecular weight excluding hydrogens is 231 g/mol. The van der Waals surface area contributed by atoms with Crippen LogP contribution in [0.3, 0.4) is 0 Å². The molecule has 0 bridgehead atoms. The molecule has 0 aromatic heterocycles. The molecular formula is C10H25O3PS. The molecule has 0 aromatic rings. The molecule has 0 heterocycles. The Balaban J connectivity index is 3.30. The average molecular weight is 256 g/mol. The van der Waals surface area contributed by atoms with E-state index in [9.17, 15) is 0 Å². The number of rotatable bonds is 9. The van der Waals surface area contributed by atoms with Crippen molar-refractivity contribution in [2.75, 3.05) is 6.16 Å². The van der Waals surface area contributed by atoms with Gasteiger partial charge in [0.15, 0.2) is 0 Å². The van der Waals surface area contributed by atoms with E-state index in [1.807, 2.05) is 0 Å². The van der Waals surface area contributed by atoms with E-state index in [2.05, 4.69) is 19.6 Å². The van der Waals surface area contributed by atoms with Crippen LogP contribution in [0.4, 0.5) is 0 Å². The van der Waals surface area contributed by atoms with E-state index in [1.54, 1.807) is 0 Å². The molecule has 5 heteroatoms. The minimum atomic E-state index is -3.83. The third-order valence-electron chi connectivity index (χ3n) is 2.45. The summed E-state index contributed by atoms with van der Waals surface area (Å²) in [5.74, 6) is 0. The van der Waals surface area contributed by atoms with E-state index in [0.717, 1.165) is 12.8 Å². The Bertz CT molecular complexity index is 150. The summed E-state index contributed by atoms with van der Waals surface area (Å²) >= 11 is 4.36. The molecule has 3 nitrogen and oxygen atoms in total. The van der Waals surface area contributed by atoms with Crippen molar-refractivity contribution in [2.45, 2.75) is 57.1 Å². The van der Waals surface area contributed by atoms with Crippen molar-refractivity contribution < 1.29 is 14.7 Å². The molecule has 94 valence electrons. The molecule has 1 unspecified atom stereocenters. The van der Waals surface area contributed by atoms with Gasteiger partial charge in [0.25, 0.3) is 0 Å². The second-order valence-corrected chi connectivity index (χ2v) is 6.95. The van der Waals surface area contributed by atoms with E-state index < -0.39 is 7.94 Å². The summed E-state index contributed by atoms with van der Waals surface area (Å²) in [6.07, 6.45) is 7.88. The fourth-order valence-corrected chi connectivity index (χ4v) is 2.78. The van der Waals surface area contributed by atoms with Gasteiger partial charge in [-0.2, -0.15) is 0 Å². The van der Waals surface area contributed by atoms with Crippen molar-refractivity contribution in [3.8, 4) is 0 Å². The number of unbranched alkanes of at least 4 members (excludes halogenated alkanes) is 4. The second kappa shape index (κ2) is 8.77. The first-order valence-corrected chi connectivity index (χ1v) is 8.37. The molecule has 0 aliphatic carbocycles. The van der Waals surface area contributed by atoms with Crippen LogP contribution in [-0.2, 0) is 0 Å². The predicted octanol–water partition coefficient (Wildman–Crippen LogP) is 2.51. The molecule has 0 saturated carbocycles. The Morgan fingerprint density at radius 1 is 1.00 bits per heavy atom. The Labute approximate surface area is 98.9 Å². The van der Waals surface area contributed by atoms with Gasteiger partial charge in [-0.25, -0.2) is 0 Å². The normalized spacial score (nSPS) is 15.3. The van der Waals surface area contributed by atoms with Gasteiger partial charge < -0.3 is 0 Å². The van der Waals surface area contributed by atoms with E-state index in [4.69, 9.17) is 14.7 Å². The van der Waals surface area contributed by atoms with Crippen LogP contribution in [-0.4, -0.2) is 26.1 Å². The molecule has 0 aliphatic heterocycles. The molecule has 1 atom stereocenters. The first-order valence-electron chi connectivity index (χ1n) is 5.81. The Morgan fingerprint density at radius 3 is 2.13 bits per heavy atom. The van der Waals surface area contributed by atoms with Gasteiger partial charge >= 0.3 is 98.5 Å². The molecule has 15 heavy (non-hydrogen) atoms. The average Bonchev–Trinajstić information content (AvgIpc) is 2.13. The summed E-state index contributed by atoms with van der Waals surface area (Å²) in [4.78, 5) is 26.5. The molecule has 0 saturated heterocycles. The van der Waals surface area contributed by atoms with E-state index in [0.29, 0.717) is 6.42 Å². The maximum atomic E-state index is 8.82. The van der Waals surface area contributed by atoms with Crippen LogP contribution in [0, 0.1) is 0 Å². The minimum absolute atomic E-state index is 0.107. The standard InChI is InChI=1S/C10H25O3PS/c1-2-3-4-5-6-7-10(15)8-9-14(11,12)13/h10-15H,2-9H2,1H3. The van der Waals surface area contributed by atoms with Crippen molar-refractivity contribution in [3.63, 3.8) is 0 Å². The predicted molar refractivity (Wildman–Crippen MR) is 70.6 cm³/mol. The fourth-order valence-electron chi connectivity index (χ4n) is 1.49. The van der Waals surface area contributed by atoms with E-state index >= 15 is 0 Å². The van der Waals surface area contributed by atoms with Gasteiger partial charge in [0, 0.05) is 0 Å². The topological polar surface area (TPSA) is 60.7 Å². The van der Waals surface area contributed by atoms with Crippen molar-refractivity contribution in [2.24, 2.45) is 0 Å². The third kappa shape index (κ3) is 12.6. The molecule has 0 rings (SSSR count). The van der Waals surface area contributed by atoms with Crippen molar-refractivity contribution in [1.82, 2.24) is 0 Å². The molecule has 3 N–H and O–H groups in total. The summed E-state index contributed by atoms with van der Waals surface area (Å²) < 4.78 is 0. The zero-order chi connectivity index (χ0) is 11.7. The van der Waals surface area contributed by atoms with Gasteiger partial charge in [-0.05, 0) is 0 Å². The monoisotopic (exact) mass is 256 g/mol. The molecule has 0 spiro atoms. The van der Waals surface area contributed by atoms with Crippen LogP contribution < -0.4 is 0 Å². The van der Waals surface area contributed by atoms with Crippen LogP contribution in [0.2, 0.25) is 0 Å². The summed E-state index contributed by atoms with van der Waals surface area (Å²) in [5.41, 5.74) is 0. The summed E-state index contributed by atoms with van der Waals surface area (Å²) in [6, 6.07) is 0. The second-order valence-electron chi connectivity index (χ2n) is 4.17. The summed E-state index contributed by atoms with van der Waals surface area (Å²) in [7, 11) is -3.83. The Hall–Kier alpha value is 0.660. The number of hydrogen-bond donors (Lipinski definition) is 4. The van der Waals surface area contributed by atoms with Gasteiger partial charge in [0.2, 0.25) is 0 Å². The van der Waals surface area contributed by atoms with Gasteiger partial charge in [-0.3, -0.25) is 0 Å². The number of thiol groups is 1. The first kappa shape index (κ1) is 15.7.